The van der Waals surface area contributed by atoms with Gasteiger partial charge < -0.3 is 14.8 Å². The fourth-order valence-electron chi connectivity index (χ4n) is 2.07. The maximum Gasteiger partial charge on any atom is 0.319 e. The molecule has 2 unspecified atom stereocenters. The van der Waals surface area contributed by atoms with E-state index >= 15 is 0 Å². The molecule has 2 atom stereocenters. The van der Waals surface area contributed by atoms with Gasteiger partial charge in [-0.1, -0.05) is 6.92 Å². The molecule has 0 aliphatic heterocycles. The number of carboxylic acids is 1. The Bertz CT molecular complexity index is 465. The van der Waals surface area contributed by atoms with Gasteiger partial charge in [-0.05, 0) is 25.3 Å². The molecular formula is C12H15NO4. The number of aliphatic carboxylic acids is 1. The molecule has 92 valence electrons. The molecule has 5 heteroatoms. The first kappa shape index (κ1) is 11.7. The van der Waals surface area contributed by atoms with E-state index in [-0.39, 0.29) is 5.92 Å². The van der Waals surface area contributed by atoms with E-state index in [4.69, 9.17) is 9.52 Å². The summed E-state index contributed by atoms with van der Waals surface area (Å²) in [6.07, 6.45) is 1.97. The van der Waals surface area contributed by atoms with Gasteiger partial charge in [0.15, 0.2) is 0 Å². The molecule has 0 bridgehead atoms. The number of carboxylic acid groups (broad SMARTS) is 1. The SMILES string of the molecule is Cc1cc(CNC(=O)C2(C(=O)O)CC2C)co1. The standard InChI is InChI=1S/C12H15NO4/c1-7-4-12(7,11(15)16)10(14)13-5-9-3-8(2)17-6-9/h3,6-7H,4-5H2,1-2H3,(H,13,14)(H,15,16). The van der Waals surface area contributed by atoms with Crippen LogP contribution in [-0.2, 0) is 16.1 Å². The van der Waals surface area contributed by atoms with Gasteiger partial charge in [-0.25, -0.2) is 0 Å². The predicted molar refractivity (Wildman–Crippen MR) is 59.1 cm³/mol. The van der Waals surface area contributed by atoms with Crippen molar-refractivity contribution in [3.8, 4) is 0 Å². The molecule has 1 heterocycles. The molecule has 1 aromatic heterocycles. The third kappa shape index (κ3) is 1.92. The highest BCUT2D eigenvalue weighted by Gasteiger charge is 2.63. The van der Waals surface area contributed by atoms with Crippen molar-refractivity contribution >= 4 is 11.9 Å². The Morgan fingerprint density at radius 1 is 1.65 bits per heavy atom. The van der Waals surface area contributed by atoms with E-state index in [9.17, 15) is 9.59 Å². The molecule has 2 N–H and O–H groups in total. The first-order valence-corrected chi connectivity index (χ1v) is 5.52. The maximum absolute atomic E-state index is 11.8. The monoisotopic (exact) mass is 237 g/mol. The van der Waals surface area contributed by atoms with Crippen LogP contribution < -0.4 is 5.32 Å². The third-order valence-electron chi connectivity index (χ3n) is 3.33. The van der Waals surface area contributed by atoms with Crippen molar-refractivity contribution in [3.05, 3.63) is 23.7 Å². The number of hydrogen-bond donors (Lipinski definition) is 2. The Balaban J connectivity index is 1.96. The quantitative estimate of drug-likeness (QED) is 0.774. The van der Waals surface area contributed by atoms with Crippen LogP contribution >= 0.6 is 0 Å². The lowest BCUT2D eigenvalue weighted by Crippen LogP contribution is -2.37. The van der Waals surface area contributed by atoms with E-state index in [0.717, 1.165) is 11.3 Å². The van der Waals surface area contributed by atoms with Crippen molar-refractivity contribution in [2.45, 2.75) is 26.8 Å². The first-order chi connectivity index (χ1) is 7.96. The lowest BCUT2D eigenvalue weighted by molar-refractivity contribution is -0.149. The molecule has 2 rings (SSSR count). The zero-order valence-corrected chi connectivity index (χ0v) is 9.82. The average molecular weight is 237 g/mol. The van der Waals surface area contributed by atoms with Gasteiger partial charge >= 0.3 is 5.97 Å². The van der Waals surface area contributed by atoms with Gasteiger partial charge in [0.05, 0.1) is 6.26 Å². The van der Waals surface area contributed by atoms with Gasteiger partial charge in [0.2, 0.25) is 5.91 Å². The summed E-state index contributed by atoms with van der Waals surface area (Å²) in [6, 6.07) is 1.81. The summed E-state index contributed by atoms with van der Waals surface area (Å²) in [6.45, 7) is 3.89. The lowest BCUT2D eigenvalue weighted by Gasteiger charge is -2.11. The second kappa shape index (κ2) is 3.91. The average Bonchev–Trinajstić information content (AvgIpc) is 2.78. The van der Waals surface area contributed by atoms with Crippen LogP contribution in [0.25, 0.3) is 0 Å². The summed E-state index contributed by atoms with van der Waals surface area (Å²) in [5.41, 5.74) is -0.372. The maximum atomic E-state index is 11.8. The number of hydrogen-bond acceptors (Lipinski definition) is 3. The molecule has 0 saturated heterocycles. The van der Waals surface area contributed by atoms with Crippen LogP contribution in [0.4, 0.5) is 0 Å². The molecule has 1 aliphatic carbocycles. The molecule has 1 amide bonds. The van der Waals surface area contributed by atoms with Crippen molar-refractivity contribution in [2.75, 3.05) is 0 Å². The highest BCUT2D eigenvalue weighted by molar-refractivity contribution is 6.05. The van der Waals surface area contributed by atoms with E-state index in [1.807, 2.05) is 13.0 Å². The van der Waals surface area contributed by atoms with E-state index in [2.05, 4.69) is 5.32 Å². The zero-order valence-electron chi connectivity index (χ0n) is 9.82. The van der Waals surface area contributed by atoms with Gasteiger partial charge in [-0.3, -0.25) is 9.59 Å². The van der Waals surface area contributed by atoms with Crippen LogP contribution in [0.5, 0.6) is 0 Å². The van der Waals surface area contributed by atoms with Crippen molar-refractivity contribution in [1.29, 1.82) is 0 Å². The molecule has 5 nitrogen and oxygen atoms in total. The Morgan fingerprint density at radius 2 is 2.29 bits per heavy atom. The summed E-state index contributed by atoms with van der Waals surface area (Å²) in [7, 11) is 0. The van der Waals surface area contributed by atoms with Gasteiger partial charge in [0.25, 0.3) is 0 Å². The number of furan rings is 1. The zero-order chi connectivity index (χ0) is 12.6. The Kier molecular flexibility index (Phi) is 2.69. The molecule has 1 aromatic rings. The molecule has 0 spiro atoms. The summed E-state index contributed by atoms with van der Waals surface area (Å²) in [5.74, 6) is -0.768. The Morgan fingerprint density at radius 3 is 2.71 bits per heavy atom. The van der Waals surface area contributed by atoms with Crippen molar-refractivity contribution in [2.24, 2.45) is 11.3 Å². The number of aryl methyl sites for hydroxylation is 1. The summed E-state index contributed by atoms with van der Waals surface area (Å²) in [5, 5.41) is 11.7. The topological polar surface area (TPSA) is 79.5 Å². The number of carbonyl (C=O) groups excluding carboxylic acids is 1. The van der Waals surface area contributed by atoms with Crippen LogP contribution in [0.15, 0.2) is 16.7 Å². The number of nitrogens with one attached hydrogen (secondary N) is 1. The number of carbonyl (C=O) groups is 2. The van der Waals surface area contributed by atoms with Crippen molar-refractivity contribution in [3.63, 3.8) is 0 Å². The van der Waals surface area contributed by atoms with Gasteiger partial charge in [-0.2, -0.15) is 0 Å². The lowest BCUT2D eigenvalue weighted by atomic mass is 10.0. The van der Waals surface area contributed by atoms with Crippen LogP contribution in [0, 0.1) is 18.3 Å². The second-order valence-corrected chi connectivity index (χ2v) is 4.63. The second-order valence-electron chi connectivity index (χ2n) is 4.63. The first-order valence-electron chi connectivity index (χ1n) is 5.52. The molecular weight excluding hydrogens is 222 g/mol. The minimum atomic E-state index is -1.21. The van der Waals surface area contributed by atoms with E-state index in [1.165, 1.54) is 0 Å². The highest BCUT2D eigenvalue weighted by atomic mass is 16.4. The molecule has 1 fully saturated rings. The fraction of sp³-hybridized carbons (Fsp3) is 0.500. The highest BCUT2D eigenvalue weighted by Crippen LogP contribution is 2.52. The van der Waals surface area contributed by atoms with E-state index < -0.39 is 17.3 Å². The van der Waals surface area contributed by atoms with Gasteiger partial charge in [0.1, 0.15) is 11.2 Å². The Hall–Kier alpha value is -1.78. The molecule has 0 radical (unpaired) electrons. The number of rotatable bonds is 4. The smallest absolute Gasteiger partial charge is 0.319 e. The minimum absolute atomic E-state index is 0.0916. The van der Waals surface area contributed by atoms with Crippen LogP contribution in [0.3, 0.4) is 0 Å². The molecule has 17 heavy (non-hydrogen) atoms. The van der Waals surface area contributed by atoms with Gasteiger partial charge in [0, 0.05) is 12.1 Å². The number of amides is 1. The summed E-state index contributed by atoms with van der Waals surface area (Å²) in [4.78, 5) is 22.9. The summed E-state index contributed by atoms with van der Waals surface area (Å²) >= 11 is 0. The van der Waals surface area contributed by atoms with Crippen LogP contribution in [-0.4, -0.2) is 17.0 Å². The summed E-state index contributed by atoms with van der Waals surface area (Å²) < 4.78 is 5.10. The molecule has 0 aromatic carbocycles. The molecule has 1 aliphatic rings. The Labute approximate surface area is 98.8 Å². The minimum Gasteiger partial charge on any atom is -0.480 e. The fourth-order valence-corrected chi connectivity index (χ4v) is 2.07. The van der Waals surface area contributed by atoms with Crippen LogP contribution in [0.1, 0.15) is 24.7 Å². The van der Waals surface area contributed by atoms with Crippen molar-refractivity contribution in [1.82, 2.24) is 5.32 Å². The van der Waals surface area contributed by atoms with Crippen LogP contribution in [0.2, 0.25) is 0 Å². The predicted octanol–water partition coefficient (Wildman–Crippen LogP) is 1.32. The van der Waals surface area contributed by atoms with Gasteiger partial charge in [-0.15, -0.1) is 0 Å². The molecule has 1 saturated carbocycles. The van der Waals surface area contributed by atoms with Crippen molar-refractivity contribution < 1.29 is 19.1 Å². The third-order valence-corrected chi connectivity index (χ3v) is 3.33. The normalized spacial score (nSPS) is 26.6. The largest absolute Gasteiger partial charge is 0.480 e. The van der Waals surface area contributed by atoms with E-state index in [0.29, 0.717) is 13.0 Å². The van der Waals surface area contributed by atoms with E-state index in [1.54, 1.807) is 13.2 Å².